The van der Waals surface area contributed by atoms with Gasteiger partial charge in [0.2, 0.25) is 10.0 Å². The van der Waals surface area contributed by atoms with Gasteiger partial charge in [0, 0.05) is 44.0 Å². The Morgan fingerprint density at radius 3 is 2.67 bits per heavy atom. The molecule has 1 aliphatic carbocycles. The Hall–Kier alpha value is -1.61. The van der Waals surface area contributed by atoms with Gasteiger partial charge in [0.25, 0.3) is 0 Å². The molecule has 27 heavy (non-hydrogen) atoms. The number of nitrogens with zero attached hydrogens (tertiary/aromatic N) is 1. The molecule has 2 aliphatic rings. The minimum absolute atomic E-state index is 0.0668. The maximum Gasteiger partial charge on any atom is 0.250 e. The average Bonchev–Trinajstić information content (AvgIpc) is 3.35. The molecule has 2 aromatic rings. The van der Waals surface area contributed by atoms with E-state index in [1.807, 2.05) is 18.2 Å². The number of benzene rings is 1. The zero-order valence-electron chi connectivity index (χ0n) is 15.2. The molecule has 1 aromatic carbocycles. The molecule has 6 nitrogen and oxygen atoms in total. The van der Waals surface area contributed by atoms with Crippen molar-refractivity contribution < 1.29 is 13.2 Å². The van der Waals surface area contributed by atoms with Crippen LogP contribution in [0.4, 0.5) is 5.69 Å². The minimum atomic E-state index is -3.47. The van der Waals surface area contributed by atoms with Crippen molar-refractivity contribution in [3.8, 4) is 10.8 Å². The van der Waals surface area contributed by atoms with Gasteiger partial charge in [0.15, 0.2) is 5.06 Å². The monoisotopic (exact) mass is 407 g/mol. The number of anilines is 1. The van der Waals surface area contributed by atoms with Gasteiger partial charge in [-0.1, -0.05) is 30.2 Å². The molecule has 0 unspecified atom stereocenters. The summed E-state index contributed by atoms with van der Waals surface area (Å²) in [6.45, 7) is 3.89. The van der Waals surface area contributed by atoms with Crippen molar-refractivity contribution in [3.63, 3.8) is 0 Å². The van der Waals surface area contributed by atoms with E-state index in [4.69, 9.17) is 4.74 Å². The third-order valence-corrected chi connectivity index (χ3v) is 7.99. The molecule has 0 radical (unpaired) electrons. The van der Waals surface area contributed by atoms with Crippen LogP contribution in [-0.2, 0) is 10.0 Å². The number of hydrogen-bond donors (Lipinski definition) is 2. The van der Waals surface area contributed by atoms with Gasteiger partial charge in [-0.3, -0.25) is 0 Å². The first kappa shape index (κ1) is 18.7. The van der Waals surface area contributed by atoms with Crippen molar-refractivity contribution in [1.82, 2.24) is 10.0 Å². The zero-order valence-corrected chi connectivity index (χ0v) is 16.8. The quantitative estimate of drug-likeness (QED) is 0.770. The lowest BCUT2D eigenvalue weighted by molar-refractivity contribution is 0.496. The molecule has 0 atom stereocenters. The summed E-state index contributed by atoms with van der Waals surface area (Å²) in [6, 6.07) is 11.4. The molecular formula is C19H25N3O3S2. The summed E-state index contributed by atoms with van der Waals surface area (Å²) in [7, 11) is -3.47. The van der Waals surface area contributed by atoms with Gasteiger partial charge in [0.05, 0.1) is 0 Å². The molecule has 0 bridgehead atoms. The molecule has 1 saturated heterocycles. The van der Waals surface area contributed by atoms with Crippen LogP contribution < -0.4 is 19.7 Å². The molecule has 8 heteroatoms. The van der Waals surface area contributed by atoms with Crippen LogP contribution in [0.1, 0.15) is 25.7 Å². The van der Waals surface area contributed by atoms with Crippen LogP contribution in [0.15, 0.2) is 40.6 Å². The van der Waals surface area contributed by atoms with E-state index in [0.29, 0.717) is 9.27 Å². The lowest BCUT2D eigenvalue weighted by Gasteiger charge is -2.29. The molecule has 4 rings (SSSR count). The van der Waals surface area contributed by atoms with Crippen LogP contribution in [0.2, 0.25) is 0 Å². The molecule has 2 N–H and O–H groups in total. The van der Waals surface area contributed by atoms with Gasteiger partial charge in [-0.2, -0.15) is 0 Å². The first-order valence-electron chi connectivity index (χ1n) is 9.46. The molecular weight excluding hydrogens is 382 g/mol. The summed E-state index contributed by atoms with van der Waals surface area (Å²) in [5, 5.41) is 3.93. The van der Waals surface area contributed by atoms with E-state index in [-0.39, 0.29) is 6.04 Å². The molecule has 1 saturated carbocycles. The highest BCUT2D eigenvalue weighted by Gasteiger charge is 2.24. The van der Waals surface area contributed by atoms with Crippen LogP contribution >= 0.6 is 11.3 Å². The molecule has 0 amide bonds. The van der Waals surface area contributed by atoms with Crippen LogP contribution in [0.5, 0.6) is 10.8 Å². The summed E-state index contributed by atoms with van der Waals surface area (Å²) < 4.78 is 34.2. The van der Waals surface area contributed by atoms with Gasteiger partial charge >= 0.3 is 0 Å². The van der Waals surface area contributed by atoms with Crippen LogP contribution in [0, 0.1) is 0 Å². The number of sulfonamides is 1. The highest BCUT2D eigenvalue weighted by molar-refractivity contribution is 7.91. The fraction of sp³-hybridized carbons (Fsp3) is 0.474. The highest BCUT2D eigenvalue weighted by atomic mass is 32.2. The topological polar surface area (TPSA) is 70.7 Å². The van der Waals surface area contributed by atoms with E-state index in [2.05, 4.69) is 21.0 Å². The second-order valence-corrected chi connectivity index (χ2v) is 10.00. The van der Waals surface area contributed by atoms with E-state index >= 15 is 0 Å². The standard InChI is InChI=1S/C19H25N3O3S2/c23-27(24,21-15-4-1-2-5-15)19-9-8-18(26-19)25-17-7-3-6-16(14-17)22-12-10-20-11-13-22/h3,6-9,14-15,20-21H,1-2,4-5,10-13H2. The third kappa shape index (κ3) is 4.63. The van der Waals surface area contributed by atoms with Crippen LogP contribution in [0.3, 0.4) is 0 Å². The smallest absolute Gasteiger partial charge is 0.250 e. The first-order valence-corrected chi connectivity index (χ1v) is 11.8. The van der Waals surface area contributed by atoms with Gasteiger partial charge in [0.1, 0.15) is 9.96 Å². The Labute approximate surface area is 164 Å². The maximum atomic E-state index is 12.5. The second kappa shape index (κ2) is 8.18. The predicted octanol–water partition coefficient (Wildman–Crippen LogP) is 3.17. The fourth-order valence-corrected chi connectivity index (χ4v) is 6.08. The van der Waals surface area contributed by atoms with Crippen LogP contribution in [0.25, 0.3) is 0 Å². The summed E-state index contributed by atoms with van der Waals surface area (Å²) in [5.41, 5.74) is 1.13. The lowest BCUT2D eigenvalue weighted by Crippen LogP contribution is -2.43. The minimum Gasteiger partial charge on any atom is -0.447 e. The van der Waals surface area contributed by atoms with E-state index in [1.165, 1.54) is 0 Å². The van der Waals surface area contributed by atoms with E-state index < -0.39 is 10.0 Å². The van der Waals surface area contributed by atoms with E-state index in [1.54, 1.807) is 12.1 Å². The molecule has 1 aliphatic heterocycles. The Kier molecular flexibility index (Phi) is 5.68. The predicted molar refractivity (Wildman–Crippen MR) is 108 cm³/mol. The Morgan fingerprint density at radius 1 is 1.11 bits per heavy atom. The molecule has 146 valence electrons. The van der Waals surface area contributed by atoms with E-state index in [9.17, 15) is 8.42 Å². The lowest BCUT2D eigenvalue weighted by atomic mass is 10.2. The normalized spacial score (nSPS) is 18.7. The Bertz CT molecular complexity index is 870. The fourth-order valence-electron chi connectivity index (χ4n) is 3.61. The number of hydrogen-bond acceptors (Lipinski definition) is 6. The van der Waals surface area contributed by atoms with Crippen molar-refractivity contribution in [2.75, 3.05) is 31.1 Å². The zero-order chi connectivity index (χ0) is 18.7. The first-order chi connectivity index (χ1) is 13.1. The van der Waals surface area contributed by atoms with Crippen molar-refractivity contribution in [2.45, 2.75) is 35.9 Å². The molecule has 1 aromatic heterocycles. The van der Waals surface area contributed by atoms with Gasteiger partial charge in [-0.25, -0.2) is 13.1 Å². The number of piperazine rings is 1. The van der Waals surface area contributed by atoms with Crippen molar-refractivity contribution in [2.24, 2.45) is 0 Å². The summed E-state index contributed by atoms with van der Waals surface area (Å²) in [6.07, 6.45) is 4.03. The molecule has 2 heterocycles. The van der Waals surface area contributed by atoms with Crippen molar-refractivity contribution >= 4 is 27.0 Å². The second-order valence-electron chi connectivity index (χ2n) is 7.01. The summed E-state index contributed by atoms with van der Waals surface area (Å²) >= 11 is 1.16. The summed E-state index contributed by atoms with van der Waals surface area (Å²) in [4.78, 5) is 2.32. The van der Waals surface area contributed by atoms with Crippen molar-refractivity contribution in [3.05, 3.63) is 36.4 Å². The Balaban J connectivity index is 1.44. The van der Waals surface area contributed by atoms with Gasteiger partial charge < -0.3 is 15.0 Å². The highest BCUT2D eigenvalue weighted by Crippen LogP contribution is 2.34. The molecule has 2 fully saturated rings. The summed E-state index contributed by atoms with van der Waals surface area (Å²) in [5.74, 6) is 0.723. The largest absolute Gasteiger partial charge is 0.447 e. The number of nitrogens with one attached hydrogen (secondary N) is 2. The third-order valence-electron chi connectivity index (χ3n) is 5.02. The maximum absolute atomic E-state index is 12.5. The van der Waals surface area contributed by atoms with Gasteiger partial charge in [-0.15, -0.1) is 0 Å². The number of ether oxygens (including phenoxy) is 1. The average molecular weight is 408 g/mol. The SMILES string of the molecule is O=S(=O)(NC1CCCC1)c1ccc(Oc2cccc(N3CCNCC3)c2)s1. The number of thiophene rings is 1. The van der Waals surface area contributed by atoms with Crippen molar-refractivity contribution in [1.29, 1.82) is 0 Å². The van der Waals surface area contributed by atoms with Gasteiger partial charge in [-0.05, 0) is 37.1 Å². The van der Waals surface area contributed by atoms with Crippen LogP contribution in [-0.4, -0.2) is 40.6 Å². The Morgan fingerprint density at radius 2 is 1.89 bits per heavy atom. The molecule has 0 spiro atoms. The number of rotatable bonds is 6. The van der Waals surface area contributed by atoms with E-state index in [0.717, 1.165) is 74.6 Å².